The zero-order valence-corrected chi connectivity index (χ0v) is 49.8. The SMILES string of the molecule is Cc1cc(F)c(Nc2nc(-c3ccc4c(c3)N(C3CC(N5CCCCC5)C3)C(=O)C43CCN(C(=O)c4ccc(C(=O)N5CCC(c6cccc7c6C(=O)N(C6CCC(=O)NC6=O)C7=O)CC5)cc4)CC3)cc3ncn(C(C)C)c23)cc1C(=O)NC(C)C. The minimum atomic E-state index is -1.06. The first-order valence-corrected chi connectivity index (χ1v) is 30.9. The van der Waals surface area contributed by atoms with Gasteiger partial charge in [0.1, 0.15) is 17.4 Å². The average molecular weight is 1180 g/mol. The summed E-state index contributed by atoms with van der Waals surface area (Å²) in [4.78, 5) is 128. The highest BCUT2D eigenvalue weighted by Gasteiger charge is 2.56. The predicted molar refractivity (Wildman–Crippen MR) is 324 cm³/mol. The van der Waals surface area contributed by atoms with E-state index in [9.17, 15) is 33.6 Å². The molecule has 7 aliphatic rings. The van der Waals surface area contributed by atoms with Gasteiger partial charge in [-0.1, -0.05) is 30.7 Å². The number of imide groups is 2. The van der Waals surface area contributed by atoms with Gasteiger partial charge < -0.3 is 34.8 Å². The molecule has 0 bridgehead atoms. The quantitative estimate of drug-likeness (QED) is 0.0978. The number of aromatic nitrogens is 3. The molecule has 87 heavy (non-hydrogen) atoms. The topological polar surface area (TPSA) is 220 Å². The third-order valence-corrected chi connectivity index (χ3v) is 19.4. The predicted octanol–water partition coefficient (Wildman–Crippen LogP) is 8.97. The van der Waals surface area contributed by atoms with Crippen LogP contribution in [0, 0.1) is 12.7 Å². The summed E-state index contributed by atoms with van der Waals surface area (Å²) in [6, 6.07) is 22.0. The number of carbonyl (C=O) groups is 8. The zero-order valence-electron chi connectivity index (χ0n) is 49.8. The average Bonchev–Trinajstić information content (AvgIpc) is 1.58. The molecule has 1 atom stereocenters. The summed E-state index contributed by atoms with van der Waals surface area (Å²) in [6.45, 7) is 13.2. The van der Waals surface area contributed by atoms with Crippen molar-refractivity contribution in [3.05, 3.63) is 136 Å². The molecule has 1 saturated carbocycles. The Morgan fingerprint density at radius 3 is 2.10 bits per heavy atom. The Labute approximate surface area is 504 Å². The van der Waals surface area contributed by atoms with Crippen LogP contribution < -0.4 is 20.9 Å². The Hall–Kier alpha value is -8.65. The van der Waals surface area contributed by atoms with Gasteiger partial charge in [-0.25, -0.2) is 14.4 Å². The van der Waals surface area contributed by atoms with E-state index in [4.69, 9.17) is 9.97 Å². The molecule has 20 heteroatoms. The van der Waals surface area contributed by atoms with E-state index in [0.29, 0.717) is 108 Å². The van der Waals surface area contributed by atoms with Crippen LogP contribution in [0.5, 0.6) is 0 Å². The maximum atomic E-state index is 16.0. The standard InChI is InChI=1S/C67H72FN11O8/c1-37(2)70-60(81)48-34-52(50(68)30-39(48)5)72-59-58-53(69-36-77(58)38(3)4)35-51(71-59)43-16-17-49-55(31-43)78(45-32-44(33-45)74-24-7-6-8-25-74)66(87)67(49)22-28-76(29-23-67)63(84)42-14-12-41(13-15-42)62(83)75-26-20-40(21-27-75)46-10-9-11-47-57(46)65(86)79(64(47)85)54-18-19-56(80)73-61(54)82/h9-17,30-31,34-38,40,44-45,54H,6-8,18-29,32-33H2,1-5H3,(H,70,81)(H,71,72)(H,73,80,82). The Balaban J connectivity index is 0.716. The molecular weight excluding hydrogens is 1110 g/mol. The lowest BCUT2D eigenvalue weighted by Crippen LogP contribution is -2.58. The van der Waals surface area contributed by atoms with E-state index in [-0.39, 0.29) is 77.3 Å². The first kappa shape index (κ1) is 57.4. The number of nitrogens with zero attached hydrogens (tertiary/aromatic N) is 8. The molecule has 5 fully saturated rings. The van der Waals surface area contributed by atoms with Gasteiger partial charge in [0.05, 0.1) is 39.8 Å². The van der Waals surface area contributed by atoms with Crippen LogP contribution in [0.1, 0.15) is 179 Å². The van der Waals surface area contributed by atoms with E-state index >= 15 is 9.18 Å². The molecule has 1 unspecified atom stereocenters. The normalized spacial score (nSPS) is 21.5. The largest absolute Gasteiger partial charge is 0.350 e. The molecule has 6 aliphatic heterocycles. The van der Waals surface area contributed by atoms with Gasteiger partial charge in [-0.3, -0.25) is 48.6 Å². The molecule has 6 aromatic rings. The van der Waals surface area contributed by atoms with Crippen LogP contribution in [0.2, 0.25) is 0 Å². The molecule has 19 nitrogen and oxygen atoms in total. The van der Waals surface area contributed by atoms with Crippen molar-refractivity contribution in [3.8, 4) is 11.3 Å². The van der Waals surface area contributed by atoms with Crippen molar-refractivity contribution < 1.29 is 42.7 Å². The van der Waals surface area contributed by atoms with Crippen molar-refractivity contribution >= 4 is 75.5 Å². The molecule has 0 radical (unpaired) electrons. The zero-order chi connectivity index (χ0) is 60.7. The Bertz CT molecular complexity index is 3850. The molecular formula is C67H72FN11O8. The fourth-order valence-electron chi connectivity index (χ4n) is 14.6. The molecule has 4 aromatic carbocycles. The van der Waals surface area contributed by atoms with Crippen molar-refractivity contribution in [2.24, 2.45) is 0 Å². The van der Waals surface area contributed by atoms with Crippen molar-refractivity contribution in [3.63, 3.8) is 0 Å². The number of benzene rings is 4. The lowest BCUT2D eigenvalue weighted by atomic mass is 9.73. The summed E-state index contributed by atoms with van der Waals surface area (Å²) in [5, 5.41) is 8.43. The molecule has 1 spiro atoms. The third-order valence-electron chi connectivity index (χ3n) is 19.4. The van der Waals surface area contributed by atoms with Gasteiger partial charge in [0.15, 0.2) is 5.82 Å². The number of hydrogen-bond acceptors (Lipinski definition) is 12. The summed E-state index contributed by atoms with van der Waals surface area (Å²) in [7, 11) is 0. The molecule has 8 heterocycles. The minimum absolute atomic E-state index is 0.00632. The molecule has 3 N–H and O–H groups in total. The monoisotopic (exact) mass is 1180 g/mol. The van der Waals surface area contributed by atoms with Gasteiger partial charge >= 0.3 is 0 Å². The van der Waals surface area contributed by atoms with Crippen LogP contribution in [0.4, 0.5) is 21.6 Å². The lowest BCUT2D eigenvalue weighted by molar-refractivity contribution is -0.136. The summed E-state index contributed by atoms with van der Waals surface area (Å²) in [6.07, 6.45) is 9.11. The smallest absolute Gasteiger partial charge is 0.262 e. The van der Waals surface area contributed by atoms with E-state index in [0.717, 1.165) is 47.6 Å². The summed E-state index contributed by atoms with van der Waals surface area (Å²) in [5.41, 5.74) is 6.59. The molecule has 1 aliphatic carbocycles. The highest BCUT2D eigenvalue weighted by atomic mass is 19.1. The summed E-state index contributed by atoms with van der Waals surface area (Å²) < 4.78 is 17.9. The highest BCUT2D eigenvalue weighted by molar-refractivity contribution is 6.24. The van der Waals surface area contributed by atoms with E-state index in [1.54, 1.807) is 59.4 Å². The second-order valence-electron chi connectivity index (χ2n) is 25.4. The summed E-state index contributed by atoms with van der Waals surface area (Å²) >= 11 is 0. The van der Waals surface area contributed by atoms with Crippen LogP contribution in [-0.2, 0) is 19.8 Å². The highest BCUT2D eigenvalue weighted by Crippen LogP contribution is 2.52. The Morgan fingerprint density at radius 2 is 1.44 bits per heavy atom. The summed E-state index contributed by atoms with van der Waals surface area (Å²) in [5.74, 6) is -3.10. The van der Waals surface area contributed by atoms with E-state index < -0.39 is 40.9 Å². The fourth-order valence-corrected chi connectivity index (χ4v) is 14.6. The third kappa shape index (κ3) is 10.1. The molecule has 4 saturated heterocycles. The van der Waals surface area contributed by atoms with E-state index in [2.05, 4.69) is 33.0 Å². The number of nitrogens with one attached hydrogen (secondary N) is 3. The Kier molecular flexibility index (Phi) is 14.9. The van der Waals surface area contributed by atoms with Crippen LogP contribution in [0.25, 0.3) is 22.3 Å². The molecule has 8 amide bonds. The molecule has 13 rings (SSSR count). The fraction of sp³-hybridized carbons (Fsp3) is 0.433. The number of imidazole rings is 1. The van der Waals surface area contributed by atoms with Crippen molar-refractivity contribution in [1.29, 1.82) is 0 Å². The lowest BCUT2D eigenvalue weighted by Gasteiger charge is -2.48. The van der Waals surface area contributed by atoms with Gasteiger partial charge in [0, 0.05) is 84.7 Å². The minimum Gasteiger partial charge on any atom is -0.350 e. The van der Waals surface area contributed by atoms with Gasteiger partial charge in [0.25, 0.3) is 29.5 Å². The van der Waals surface area contributed by atoms with Crippen molar-refractivity contribution in [2.75, 3.05) is 49.5 Å². The number of anilines is 3. The first-order chi connectivity index (χ1) is 41.9. The van der Waals surface area contributed by atoms with Crippen LogP contribution in [0.15, 0.2) is 85.2 Å². The maximum absolute atomic E-state index is 16.0. The van der Waals surface area contributed by atoms with Crippen molar-refractivity contribution in [1.82, 2.24) is 44.8 Å². The Morgan fingerprint density at radius 1 is 0.747 bits per heavy atom. The van der Waals surface area contributed by atoms with Crippen LogP contribution in [-0.4, -0.2) is 145 Å². The number of amides is 8. The number of pyridine rings is 1. The number of hydrogen-bond donors (Lipinski definition) is 3. The van der Waals surface area contributed by atoms with E-state index in [1.165, 1.54) is 31.4 Å². The van der Waals surface area contributed by atoms with Gasteiger partial charge in [0.2, 0.25) is 17.7 Å². The molecule has 450 valence electrons. The van der Waals surface area contributed by atoms with Crippen molar-refractivity contribution in [2.45, 2.75) is 147 Å². The maximum Gasteiger partial charge on any atom is 0.262 e. The van der Waals surface area contributed by atoms with Gasteiger partial charge in [-0.05, 0) is 183 Å². The number of aryl methyl sites for hydroxylation is 1. The van der Waals surface area contributed by atoms with E-state index in [1.807, 2.05) is 55.4 Å². The second-order valence-corrected chi connectivity index (χ2v) is 25.4. The van der Waals surface area contributed by atoms with Crippen LogP contribution >= 0.6 is 0 Å². The van der Waals surface area contributed by atoms with Gasteiger partial charge in [-0.2, -0.15) is 0 Å². The number of carbonyl (C=O) groups excluding carboxylic acids is 8. The number of fused-ring (bicyclic) bond motifs is 4. The van der Waals surface area contributed by atoms with Gasteiger partial charge in [-0.15, -0.1) is 0 Å². The second kappa shape index (κ2) is 22.6. The van der Waals surface area contributed by atoms with Crippen LogP contribution in [0.3, 0.4) is 0 Å². The number of rotatable bonds is 12. The number of halogens is 1. The first-order valence-electron chi connectivity index (χ1n) is 30.9. The number of likely N-dealkylation sites (tertiary alicyclic amines) is 3. The molecule has 2 aromatic heterocycles. The number of piperidine rings is 4.